The molecule has 152 valence electrons. The molecule has 7 heteroatoms. The molecule has 6 nitrogen and oxygen atoms in total. The Balaban J connectivity index is 2.12. The number of benzene rings is 2. The number of carbonyl (C=O) groups excluding carboxylic acids is 1. The zero-order valence-electron chi connectivity index (χ0n) is 17.0. The van der Waals surface area contributed by atoms with Crippen LogP contribution >= 0.6 is 0 Å². The van der Waals surface area contributed by atoms with Crippen LogP contribution in [0.5, 0.6) is 0 Å². The first-order chi connectivity index (χ1) is 13.1. The van der Waals surface area contributed by atoms with E-state index in [4.69, 9.17) is 0 Å². The molecule has 0 saturated heterocycles. The van der Waals surface area contributed by atoms with Crippen molar-refractivity contribution in [3.05, 3.63) is 60.2 Å². The summed E-state index contributed by atoms with van der Waals surface area (Å²) in [5.74, 6) is 0.0761. The Labute approximate surface area is 168 Å². The number of anilines is 1. The lowest BCUT2D eigenvalue weighted by Crippen LogP contribution is -2.41. The number of sulfonamides is 1. The summed E-state index contributed by atoms with van der Waals surface area (Å²) in [6, 6.07) is 15.8. The summed E-state index contributed by atoms with van der Waals surface area (Å²) in [5, 5.41) is 6.18. The molecule has 2 aromatic carbocycles. The molecule has 0 aliphatic carbocycles. The average molecular weight is 404 g/mol. The third-order valence-electron chi connectivity index (χ3n) is 4.53. The molecule has 0 heterocycles. The number of nitrogens with zero attached hydrogens (tertiary/aromatic N) is 1. The van der Waals surface area contributed by atoms with Gasteiger partial charge in [-0.05, 0) is 36.6 Å². The van der Waals surface area contributed by atoms with E-state index in [9.17, 15) is 13.2 Å². The number of amides is 1. The largest absolute Gasteiger partial charge is 0.325 e. The van der Waals surface area contributed by atoms with E-state index in [1.54, 1.807) is 19.1 Å². The van der Waals surface area contributed by atoms with Crippen LogP contribution in [-0.4, -0.2) is 38.8 Å². The van der Waals surface area contributed by atoms with Gasteiger partial charge in [-0.1, -0.05) is 50.2 Å². The predicted octanol–water partition coefficient (Wildman–Crippen LogP) is 3.25. The van der Waals surface area contributed by atoms with Crippen LogP contribution in [0.1, 0.15) is 32.4 Å². The summed E-state index contributed by atoms with van der Waals surface area (Å²) in [7, 11) is -0.606. The first kappa shape index (κ1) is 22.1. The van der Waals surface area contributed by atoms with Crippen LogP contribution in [0, 0.1) is 5.92 Å². The van der Waals surface area contributed by atoms with Gasteiger partial charge in [-0.3, -0.25) is 10.1 Å². The zero-order valence-corrected chi connectivity index (χ0v) is 17.8. The van der Waals surface area contributed by atoms with Gasteiger partial charge in [-0.25, -0.2) is 12.7 Å². The molecule has 2 rings (SSSR count). The Morgan fingerprint density at radius 1 is 0.964 bits per heavy atom. The molecule has 0 fully saturated rings. The van der Waals surface area contributed by atoms with Gasteiger partial charge in [0.2, 0.25) is 15.9 Å². The minimum atomic E-state index is -3.56. The highest BCUT2D eigenvalue weighted by atomic mass is 32.2. The minimum absolute atomic E-state index is 0.0300. The van der Waals surface area contributed by atoms with Gasteiger partial charge in [0.25, 0.3) is 0 Å². The summed E-state index contributed by atoms with van der Waals surface area (Å²) in [4.78, 5) is 12.8. The lowest BCUT2D eigenvalue weighted by molar-refractivity contribution is -0.118. The molecular weight excluding hydrogens is 374 g/mol. The second-order valence-electron chi connectivity index (χ2n) is 7.33. The normalized spacial score (nSPS) is 14.1. The molecule has 1 amide bonds. The number of hydrogen-bond acceptors (Lipinski definition) is 4. The van der Waals surface area contributed by atoms with Crippen LogP contribution in [-0.2, 0) is 14.8 Å². The summed E-state index contributed by atoms with van der Waals surface area (Å²) < 4.78 is 25.7. The van der Waals surface area contributed by atoms with Gasteiger partial charge >= 0.3 is 0 Å². The lowest BCUT2D eigenvalue weighted by atomic mass is 9.95. The van der Waals surface area contributed by atoms with E-state index in [0.717, 1.165) is 9.87 Å². The van der Waals surface area contributed by atoms with Crippen LogP contribution in [0.3, 0.4) is 0 Å². The fraction of sp³-hybridized carbons (Fsp3) is 0.381. The highest BCUT2D eigenvalue weighted by Gasteiger charge is 2.22. The second-order valence-corrected chi connectivity index (χ2v) is 9.48. The van der Waals surface area contributed by atoms with Crippen molar-refractivity contribution in [3.63, 3.8) is 0 Å². The number of hydrogen-bond donors (Lipinski definition) is 2. The van der Waals surface area contributed by atoms with Gasteiger partial charge in [0.05, 0.1) is 10.9 Å². The fourth-order valence-electron chi connectivity index (χ4n) is 2.87. The van der Waals surface area contributed by atoms with Crippen LogP contribution in [0.25, 0.3) is 0 Å². The highest BCUT2D eigenvalue weighted by molar-refractivity contribution is 7.89. The van der Waals surface area contributed by atoms with Crippen molar-refractivity contribution in [2.24, 2.45) is 5.92 Å². The molecule has 0 saturated carbocycles. The molecule has 28 heavy (non-hydrogen) atoms. The Hall–Kier alpha value is -2.22. The first-order valence-electron chi connectivity index (χ1n) is 9.27. The standard InChI is InChI=1S/C21H29N3O3S/c1-15(2)20(17-10-7-6-8-11-17)22-16(3)21(25)23-18-12-9-13-19(14-18)28(26,27)24(4)5/h6-16,20,22H,1-5H3,(H,23,25)/t16-,20-/m0/s1. The number of rotatable bonds is 8. The van der Waals surface area contributed by atoms with Crippen molar-refractivity contribution < 1.29 is 13.2 Å². The van der Waals surface area contributed by atoms with E-state index >= 15 is 0 Å². The number of carbonyl (C=O) groups is 1. The third-order valence-corrected chi connectivity index (χ3v) is 6.34. The fourth-order valence-corrected chi connectivity index (χ4v) is 3.82. The van der Waals surface area contributed by atoms with Gasteiger partial charge in [-0.15, -0.1) is 0 Å². The monoisotopic (exact) mass is 403 g/mol. The summed E-state index contributed by atoms with van der Waals surface area (Å²) in [5.41, 5.74) is 1.57. The summed E-state index contributed by atoms with van der Waals surface area (Å²) in [6.07, 6.45) is 0. The van der Waals surface area contributed by atoms with Gasteiger partial charge in [0, 0.05) is 25.8 Å². The van der Waals surface area contributed by atoms with Gasteiger partial charge in [0.15, 0.2) is 0 Å². The van der Waals surface area contributed by atoms with Crippen LogP contribution < -0.4 is 10.6 Å². The first-order valence-corrected chi connectivity index (χ1v) is 10.7. The SMILES string of the molecule is CC(C)[C@H](N[C@@H](C)C(=O)Nc1cccc(S(=O)(=O)N(C)C)c1)c1ccccc1. The molecule has 2 N–H and O–H groups in total. The molecule has 0 spiro atoms. The minimum Gasteiger partial charge on any atom is -0.325 e. The zero-order chi connectivity index (χ0) is 20.9. The van der Waals surface area contributed by atoms with E-state index in [1.807, 2.05) is 30.3 Å². The highest BCUT2D eigenvalue weighted by Crippen LogP contribution is 2.22. The van der Waals surface area contributed by atoms with Crippen molar-refractivity contribution >= 4 is 21.6 Å². The molecule has 0 aromatic heterocycles. The Bertz CT molecular complexity index is 896. The average Bonchev–Trinajstić information content (AvgIpc) is 2.66. The van der Waals surface area contributed by atoms with E-state index in [1.165, 1.54) is 26.2 Å². The maximum atomic E-state index is 12.7. The molecule has 2 atom stereocenters. The second kappa shape index (κ2) is 9.32. The van der Waals surface area contributed by atoms with Crippen molar-refractivity contribution in [3.8, 4) is 0 Å². The van der Waals surface area contributed by atoms with Gasteiger partial charge in [0.1, 0.15) is 0 Å². The van der Waals surface area contributed by atoms with E-state index < -0.39 is 16.1 Å². The van der Waals surface area contributed by atoms with Crippen LogP contribution in [0.15, 0.2) is 59.5 Å². The van der Waals surface area contributed by atoms with E-state index in [0.29, 0.717) is 11.6 Å². The Morgan fingerprint density at radius 3 is 2.18 bits per heavy atom. The molecule has 2 aromatic rings. The molecule has 0 unspecified atom stereocenters. The maximum Gasteiger partial charge on any atom is 0.242 e. The molecule has 0 radical (unpaired) electrons. The number of nitrogens with one attached hydrogen (secondary N) is 2. The summed E-state index contributed by atoms with van der Waals surface area (Å²) >= 11 is 0. The Morgan fingerprint density at radius 2 is 1.61 bits per heavy atom. The lowest BCUT2D eigenvalue weighted by Gasteiger charge is -2.26. The van der Waals surface area contributed by atoms with Gasteiger partial charge in [-0.2, -0.15) is 0 Å². The Kier molecular flexibility index (Phi) is 7.35. The van der Waals surface area contributed by atoms with Crippen molar-refractivity contribution in [2.45, 2.75) is 37.8 Å². The predicted molar refractivity (Wildman–Crippen MR) is 113 cm³/mol. The third kappa shape index (κ3) is 5.41. The smallest absolute Gasteiger partial charge is 0.242 e. The van der Waals surface area contributed by atoms with Crippen molar-refractivity contribution in [1.29, 1.82) is 0 Å². The molecular formula is C21H29N3O3S. The van der Waals surface area contributed by atoms with E-state index in [-0.39, 0.29) is 16.8 Å². The quantitative estimate of drug-likeness (QED) is 0.709. The van der Waals surface area contributed by atoms with Gasteiger partial charge < -0.3 is 5.32 Å². The van der Waals surface area contributed by atoms with Crippen molar-refractivity contribution in [2.75, 3.05) is 19.4 Å². The molecule has 0 bridgehead atoms. The molecule has 0 aliphatic heterocycles. The van der Waals surface area contributed by atoms with Crippen LogP contribution in [0.4, 0.5) is 5.69 Å². The van der Waals surface area contributed by atoms with Crippen molar-refractivity contribution in [1.82, 2.24) is 9.62 Å². The van der Waals surface area contributed by atoms with E-state index in [2.05, 4.69) is 24.5 Å². The summed E-state index contributed by atoms with van der Waals surface area (Å²) in [6.45, 7) is 6.00. The maximum absolute atomic E-state index is 12.7. The van der Waals surface area contributed by atoms with Crippen LogP contribution in [0.2, 0.25) is 0 Å². The molecule has 0 aliphatic rings. The topological polar surface area (TPSA) is 78.5 Å².